The third-order valence-electron chi connectivity index (χ3n) is 3.07. The molecule has 1 atom stereocenters. The molecule has 0 heterocycles. The lowest BCUT2D eigenvalue weighted by Crippen LogP contribution is -2.50. The molecule has 0 aliphatic heterocycles. The van der Waals surface area contributed by atoms with Gasteiger partial charge >= 0.3 is 6.03 Å². The Bertz CT molecular complexity index is 700. The van der Waals surface area contributed by atoms with Gasteiger partial charge in [-0.2, -0.15) is 11.8 Å². The van der Waals surface area contributed by atoms with E-state index >= 15 is 0 Å². The number of halogens is 1. The SMILES string of the molecule is CSCCC(NC(N)=O)C(=O)NCCNS(=O)(=O)c1cccc(Cl)c1. The van der Waals surface area contributed by atoms with E-state index in [1.54, 1.807) is 6.07 Å². The predicted octanol–water partition coefficient (Wildman–Crippen LogP) is 0.525. The Labute approximate surface area is 156 Å². The normalized spacial score (nSPS) is 12.4. The molecule has 1 unspecified atom stereocenters. The van der Waals surface area contributed by atoms with Crippen molar-refractivity contribution in [2.75, 3.05) is 25.1 Å². The molecule has 3 amide bonds. The minimum atomic E-state index is -3.71. The van der Waals surface area contributed by atoms with Crippen molar-refractivity contribution in [1.29, 1.82) is 0 Å². The van der Waals surface area contributed by atoms with Gasteiger partial charge in [0.25, 0.3) is 0 Å². The number of thioether (sulfide) groups is 1. The number of carbonyl (C=O) groups is 2. The molecule has 11 heteroatoms. The fourth-order valence-electron chi connectivity index (χ4n) is 1.89. The highest BCUT2D eigenvalue weighted by Crippen LogP contribution is 2.14. The summed E-state index contributed by atoms with van der Waals surface area (Å²) in [6, 6.07) is 4.31. The van der Waals surface area contributed by atoms with E-state index < -0.39 is 28.0 Å². The number of amides is 3. The monoisotopic (exact) mass is 408 g/mol. The van der Waals surface area contributed by atoms with E-state index in [4.69, 9.17) is 17.3 Å². The number of hydrogen-bond donors (Lipinski definition) is 4. The Morgan fingerprint density at radius 2 is 2.04 bits per heavy atom. The molecule has 140 valence electrons. The maximum atomic E-state index is 12.1. The van der Waals surface area contributed by atoms with Crippen LogP contribution in [0.2, 0.25) is 5.02 Å². The quantitative estimate of drug-likeness (QED) is 0.419. The molecule has 0 spiro atoms. The summed E-state index contributed by atoms with van der Waals surface area (Å²) in [5, 5.41) is 5.24. The summed E-state index contributed by atoms with van der Waals surface area (Å²) in [6.07, 6.45) is 2.30. The van der Waals surface area contributed by atoms with E-state index in [2.05, 4.69) is 15.4 Å². The number of rotatable bonds is 10. The van der Waals surface area contributed by atoms with Crippen molar-refractivity contribution in [3.05, 3.63) is 29.3 Å². The summed E-state index contributed by atoms with van der Waals surface area (Å²) >= 11 is 7.31. The smallest absolute Gasteiger partial charge is 0.312 e. The molecule has 8 nitrogen and oxygen atoms in total. The van der Waals surface area contributed by atoms with Crippen LogP contribution in [-0.4, -0.2) is 51.5 Å². The van der Waals surface area contributed by atoms with Crippen molar-refractivity contribution < 1.29 is 18.0 Å². The molecule has 0 saturated heterocycles. The topological polar surface area (TPSA) is 130 Å². The molecule has 0 fully saturated rings. The standard InChI is InChI=1S/C14H21ClN4O4S2/c1-24-8-5-12(19-14(16)21)13(20)17-6-7-18-25(22,23)11-4-2-3-10(15)9-11/h2-4,9,12,18H,5-8H2,1H3,(H,17,20)(H3,16,19,21). The molecular formula is C14H21ClN4O4S2. The molecule has 0 saturated carbocycles. The van der Waals surface area contributed by atoms with Gasteiger partial charge in [0.05, 0.1) is 4.90 Å². The summed E-state index contributed by atoms with van der Waals surface area (Å²) in [5.41, 5.74) is 5.05. The lowest BCUT2D eigenvalue weighted by molar-refractivity contribution is -0.122. The molecule has 1 aromatic carbocycles. The summed E-state index contributed by atoms with van der Waals surface area (Å²) < 4.78 is 26.5. The third kappa shape index (κ3) is 7.95. The van der Waals surface area contributed by atoms with Crippen LogP contribution in [0.25, 0.3) is 0 Å². The lowest BCUT2D eigenvalue weighted by atomic mass is 10.2. The maximum absolute atomic E-state index is 12.1. The highest BCUT2D eigenvalue weighted by Gasteiger charge is 2.19. The number of carbonyl (C=O) groups excluding carboxylic acids is 2. The van der Waals surface area contributed by atoms with Gasteiger partial charge in [-0.15, -0.1) is 0 Å². The van der Waals surface area contributed by atoms with E-state index in [1.807, 2.05) is 6.26 Å². The van der Waals surface area contributed by atoms with Gasteiger partial charge < -0.3 is 16.4 Å². The van der Waals surface area contributed by atoms with Crippen LogP contribution in [0.3, 0.4) is 0 Å². The second-order valence-corrected chi connectivity index (χ2v) is 8.18. The first-order chi connectivity index (χ1) is 11.8. The average molecular weight is 409 g/mol. The van der Waals surface area contributed by atoms with Gasteiger partial charge in [-0.3, -0.25) is 4.79 Å². The van der Waals surface area contributed by atoms with Crippen molar-refractivity contribution in [3.8, 4) is 0 Å². The van der Waals surface area contributed by atoms with Gasteiger partial charge in [-0.1, -0.05) is 17.7 Å². The average Bonchev–Trinajstić information content (AvgIpc) is 2.55. The maximum Gasteiger partial charge on any atom is 0.312 e. The first kappa shape index (κ1) is 21.6. The zero-order valence-electron chi connectivity index (χ0n) is 13.6. The van der Waals surface area contributed by atoms with E-state index in [0.717, 1.165) is 0 Å². The van der Waals surface area contributed by atoms with Crippen LogP contribution in [0.1, 0.15) is 6.42 Å². The van der Waals surface area contributed by atoms with Crippen molar-refractivity contribution in [3.63, 3.8) is 0 Å². The fraction of sp³-hybridized carbons (Fsp3) is 0.429. The minimum absolute atomic E-state index is 0.00753. The van der Waals surface area contributed by atoms with Gasteiger partial charge in [0, 0.05) is 18.1 Å². The van der Waals surface area contributed by atoms with E-state index in [1.165, 1.54) is 30.0 Å². The Hall–Kier alpha value is -1.49. The number of nitrogens with one attached hydrogen (secondary N) is 3. The first-order valence-electron chi connectivity index (χ1n) is 7.34. The van der Waals surface area contributed by atoms with Crippen molar-refractivity contribution in [2.24, 2.45) is 5.73 Å². The molecule has 1 rings (SSSR count). The number of benzene rings is 1. The number of urea groups is 1. The predicted molar refractivity (Wildman–Crippen MR) is 99.2 cm³/mol. The number of primary amides is 1. The molecule has 0 bridgehead atoms. The molecular weight excluding hydrogens is 388 g/mol. The molecule has 25 heavy (non-hydrogen) atoms. The van der Waals surface area contributed by atoms with Crippen LogP contribution in [0.5, 0.6) is 0 Å². The van der Waals surface area contributed by atoms with E-state index in [9.17, 15) is 18.0 Å². The van der Waals surface area contributed by atoms with Crippen LogP contribution >= 0.6 is 23.4 Å². The van der Waals surface area contributed by atoms with Crippen molar-refractivity contribution in [2.45, 2.75) is 17.4 Å². The van der Waals surface area contributed by atoms with Gasteiger partial charge in [0.1, 0.15) is 6.04 Å². The summed E-state index contributed by atoms with van der Waals surface area (Å²) in [5.74, 6) is 0.245. The molecule has 0 aromatic heterocycles. The Morgan fingerprint density at radius 1 is 1.32 bits per heavy atom. The van der Waals surface area contributed by atoms with Gasteiger partial charge in [-0.25, -0.2) is 17.9 Å². The zero-order valence-corrected chi connectivity index (χ0v) is 16.0. The van der Waals surface area contributed by atoms with Crippen LogP contribution < -0.4 is 21.1 Å². The highest BCUT2D eigenvalue weighted by molar-refractivity contribution is 7.98. The Kier molecular flexibility index (Phi) is 9.04. The van der Waals surface area contributed by atoms with E-state index in [0.29, 0.717) is 17.2 Å². The van der Waals surface area contributed by atoms with Crippen LogP contribution in [0, 0.1) is 0 Å². The molecule has 1 aromatic rings. The third-order valence-corrected chi connectivity index (χ3v) is 5.40. The Morgan fingerprint density at radius 3 is 2.64 bits per heavy atom. The van der Waals surface area contributed by atoms with E-state index in [-0.39, 0.29) is 18.0 Å². The van der Waals surface area contributed by atoms with Crippen molar-refractivity contribution in [1.82, 2.24) is 15.4 Å². The Balaban J connectivity index is 2.49. The summed E-state index contributed by atoms with van der Waals surface area (Å²) in [7, 11) is -3.71. The second kappa shape index (κ2) is 10.5. The molecule has 0 aliphatic carbocycles. The molecule has 5 N–H and O–H groups in total. The van der Waals surface area contributed by atoms with Crippen LogP contribution in [0.15, 0.2) is 29.2 Å². The number of nitrogens with two attached hydrogens (primary N) is 1. The zero-order chi connectivity index (χ0) is 18.9. The lowest BCUT2D eigenvalue weighted by Gasteiger charge is -2.17. The summed E-state index contributed by atoms with van der Waals surface area (Å²) in [4.78, 5) is 23.0. The fourth-order valence-corrected chi connectivity index (χ4v) is 3.69. The highest BCUT2D eigenvalue weighted by atomic mass is 35.5. The largest absolute Gasteiger partial charge is 0.353 e. The molecule has 0 radical (unpaired) electrons. The second-order valence-electron chi connectivity index (χ2n) is 4.99. The number of hydrogen-bond acceptors (Lipinski definition) is 5. The first-order valence-corrected chi connectivity index (χ1v) is 10.6. The summed E-state index contributed by atoms with van der Waals surface area (Å²) in [6.45, 7) is 0.0568. The van der Waals surface area contributed by atoms with Gasteiger partial charge in [0.2, 0.25) is 15.9 Å². The van der Waals surface area contributed by atoms with Crippen LogP contribution in [0.4, 0.5) is 4.79 Å². The number of sulfonamides is 1. The van der Waals surface area contributed by atoms with Crippen LogP contribution in [-0.2, 0) is 14.8 Å². The molecule has 0 aliphatic rings. The minimum Gasteiger partial charge on any atom is -0.353 e. The van der Waals surface area contributed by atoms with Gasteiger partial charge in [-0.05, 0) is 36.6 Å². The van der Waals surface area contributed by atoms with Crippen molar-refractivity contribution >= 4 is 45.3 Å². The van der Waals surface area contributed by atoms with Gasteiger partial charge in [0.15, 0.2) is 0 Å².